The zero-order valence-corrected chi connectivity index (χ0v) is 11.4. The predicted octanol–water partition coefficient (Wildman–Crippen LogP) is -2.59. The summed E-state index contributed by atoms with van der Waals surface area (Å²) in [4.78, 5) is 46.7. The molecule has 1 fully saturated rings. The highest BCUT2D eigenvalue weighted by molar-refractivity contribution is 5.92. The van der Waals surface area contributed by atoms with Crippen LogP contribution in [0.5, 0.6) is 0 Å². The highest BCUT2D eigenvalue weighted by Crippen LogP contribution is 2.38. The summed E-state index contributed by atoms with van der Waals surface area (Å²) in [6, 6.07) is 0. The summed E-state index contributed by atoms with van der Waals surface area (Å²) < 4.78 is 0. The molecule has 0 bridgehead atoms. The fourth-order valence-electron chi connectivity index (χ4n) is 2.71. The number of nitriles is 2. The molecule has 1 aliphatic rings. The van der Waals surface area contributed by atoms with Crippen LogP contribution in [-0.4, -0.2) is 23.6 Å². The van der Waals surface area contributed by atoms with Crippen LogP contribution in [0, 0.1) is 46.6 Å². The Morgan fingerprint density at radius 1 is 0.773 bits per heavy atom. The van der Waals surface area contributed by atoms with E-state index >= 15 is 0 Å². The summed E-state index contributed by atoms with van der Waals surface area (Å²) in [5, 5.41) is 20.8. The minimum absolute atomic E-state index is 0.208. The maximum atomic E-state index is 11.9. The third-order valence-electron chi connectivity index (χ3n) is 3.75. The van der Waals surface area contributed by atoms with E-state index in [1.54, 1.807) is 0 Å². The Labute approximate surface area is 125 Å². The van der Waals surface area contributed by atoms with Crippen LogP contribution in [-0.2, 0) is 19.2 Å². The van der Waals surface area contributed by atoms with Gasteiger partial charge >= 0.3 is 0 Å². The summed E-state index contributed by atoms with van der Waals surface area (Å²) in [5.74, 6) is -7.38. The molecule has 0 heterocycles. The van der Waals surface area contributed by atoms with Gasteiger partial charge < -0.3 is 11.5 Å². The van der Waals surface area contributed by atoms with E-state index in [1.807, 2.05) is 10.6 Å². The number of nitrogens with two attached hydrogens (primary N) is 2. The van der Waals surface area contributed by atoms with E-state index in [9.17, 15) is 19.2 Å². The van der Waals surface area contributed by atoms with Gasteiger partial charge in [0.1, 0.15) is 0 Å². The lowest BCUT2D eigenvalue weighted by Gasteiger charge is -2.36. The summed E-state index contributed by atoms with van der Waals surface area (Å²) in [6.07, 6.45) is 2.44. The molecule has 1 rings (SSSR count). The lowest BCUT2D eigenvalue weighted by molar-refractivity contribution is -0.144. The highest BCUT2D eigenvalue weighted by atomic mass is 16.2. The second-order valence-corrected chi connectivity index (χ2v) is 4.90. The first-order chi connectivity index (χ1) is 10.3. The van der Waals surface area contributed by atoms with Gasteiger partial charge in [-0.25, -0.2) is 0 Å². The average molecular weight is 306 g/mol. The Morgan fingerprint density at radius 2 is 1.09 bits per heavy atom. The molecular weight excluding hydrogens is 292 g/mol. The molecule has 0 saturated heterocycles. The number of carbonyl (C=O) groups is 4. The van der Waals surface area contributed by atoms with Crippen molar-refractivity contribution in [3.8, 4) is 12.4 Å². The number of hydrogen-bond donors (Lipinski definition) is 4. The molecular formula is C12H14N6O4. The average Bonchev–Trinajstić information content (AvgIpc) is 2.46. The topological polar surface area (TPSA) is 192 Å². The molecule has 116 valence electrons. The van der Waals surface area contributed by atoms with Crippen molar-refractivity contribution in [1.82, 2.24) is 10.6 Å². The Hall–Kier alpha value is -3.14. The van der Waals surface area contributed by atoms with Gasteiger partial charge in [0.2, 0.25) is 23.6 Å². The number of carbonyl (C=O) groups excluding carboxylic acids is 4. The van der Waals surface area contributed by atoms with E-state index in [1.165, 1.54) is 12.4 Å². The number of hydrogen-bond acceptors (Lipinski definition) is 6. The molecule has 0 spiro atoms. The van der Waals surface area contributed by atoms with Crippen molar-refractivity contribution >= 4 is 23.6 Å². The first-order valence-electron chi connectivity index (χ1n) is 6.30. The normalized spacial score (nSPS) is 26.8. The lowest BCUT2D eigenvalue weighted by Crippen LogP contribution is -2.51. The number of nitrogens with one attached hydrogen (secondary N) is 2. The van der Waals surface area contributed by atoms with Crippen LogP contribution in [0.4, 0.5) is 0 Å². The summed E-state index contributed by atoms with van der Waals surface area (Å²) in [5.41, 5.74) is 10.4. The molecule has 0 aliphatic heterocycles. The molecule has 10 heteroatoms. The van der Waals surface area contributed by atoms with Crippen LogP contribution in [0.2, 0.25) is 0 Å². The minimum atomic E-state index is -1.07. The largest absolute Gasteiger partial charge is 0.369 e. The minimum Gasteiger partial charge on any atom is -0.369 e. The van der Waals surface area contributed by atoms with Gasteiger partial charge in [0.05, 0.1) is 23.7 Å². The Morgan fingerprint density at radius 3 is 1.32 bits per heavy atom. The van der Waals surface area contributed by atoms with Gasteiger partial charge in [-0.05, 0) is 12.8 Å². The summed E-state index contributed by atoms with van der Waals surface area (Å²) in [6.45, 7) is 0. The van der Waals surface area contributed by atoms with Crippen molar-refractivity contribution in [1.29, 1.82) is 10.5 Å². The molecule has 0 aromatic carbocycles. The summed E-state index contributed by atoms with van der Waals surface area (Å²) in [7, 11) is 0. The van der Waals surface area contributed by atoms with E-state index in [0.717, 1.165) is 0 Å². The highest BCUT2D eigenvalue weighted by Gasteiger charge is 2.47. The predicted molar refractivity (Wildman–Crippen MR) is 69.1 cm³/mol. The fourth-order valence-corrected chi connectivity index (χ4v) is 2.71. The smallest absolute Gasteiger partial charge is 0.236 e. The fraction of sp³-hybridized carbons (Fsp3) is 0.500. The molecule has 1 aliphatic carbocycles. The molecule has 10 nitrogen and oxygen atoms in total. The van der Waals surface area contributed by atoms with Crippen LogP contribution < -0.4 is 22.1 Å². The number of primary amides is 2. The summed E-state index contributed by atoms with van der Waals surface area (Å²) >= 11 is 0. The van der Waals surface area contributed by atoms with Crippen LogP contribution >= 0.6 is 0 Å². The maximum absolute atomic E-state index is 11.9. The van der Waals surface area contributed by atoms with Gasteiger partial charge in [-0.15, -0.1) is 0 Å². The Kier molecular flexibility index (Phi) is 5.41. The van der Waals surface area contributed by atoms with E-state index in [-0.39, 0.29) is 12.8 Å². The van der Waals surface area contributed by atoms with Gasteiger partial charge in [-0.1, -0.05) is 0 Å². The quantitative estimate of drug-likeness (QED) is 0.325. The van der Waals surface area contributed by atoms with E-state index in [0.29, 0.717) is 0 Å². The van der Waals surface area contributed by atoms with Crippen LogP contribution in [0.25, 0.3) is 0 Å². The maximum Gasteiger partial charge on any atom is 0.236 e. The Balaban J connectivity index is 3.15. The van der Waals surface area contributed by atoms with Crippen molar-refractivity contribution in [2.75, 3.05) is 0 Å². The molecule has 0 aromatic rings. The first kappa shape index (κ1) is 16.9. The number of amides is 4. The number of nitrogens with zero attached hydrogens (tertiary/aromatic N) is 2. The van der Waals surface area contributed by atoms with E-state index in [4.69, 9.17) is 22.0 Å². The third-order valence-corrected chi connectivity index (χ3v) is 3.75. The van der Waals surface area contributed by atoms with Crippen molar-refractivity contribution in [3.63, 3.8) is 0 Å². The molecule has 4 unspecified atom stereocenters. The molecule has 0 radical (unpaired) electrons. The second-order valence-electron chi connectivity index (χ2n) is 4.90. The van der Waals surface area contributed by atoms with Crippen LogP contribution in [0.3, 0.4) is 0 Å². The van der Waals surface area contributed by atoms with Crippen molar-refractivity contribution in [3.05, 3.63) is 0 Å². The molecule has 0 aromatic heterocycles. The van der Waals surface area contributed by atoms with Gasteiger partial charge in [0.25, 0.3) is 0 Å². The standard InChI is InChI=1S/C12H14N6O4/c13-3-17-11(21)7-1-5(9(15)19)6(10(16)20)2-8(7)12(22)18-4-14/h5-8H,1-2H2,(H2,15,19)(H2,16,20)(H,17,21)(H,18,22). The van der Waals surface area contributed by atoms with Gasteiger partial charge in [0, 0.05) is 0 Å². The second kappa shape index (κ2) is 7.04. The van der Waals surface area contributed by atoms with Crippen molar-refractivity contribution in [2.45, 2.75) is 12.8 Å². The first-order valence-corrected chi connectivity index (χ1v) is 6.30. The zero-order valence-electron chi connectivity index (χ0n) is 11.4. The third kappa shape index (κ3) is 3.49. The molecule has 4 amide bonds. The molecule has 1 saturated carbocycles. The SMILES string of the molecule is N#CNC(=O)C1CC(C(N)=O)C(C(N)=O)CC1C(=O)NC#N. The Bertz CT molecular complexity index is 537. The monoisotopic (exact) mass is 306 g/mol. The number of rotatable bonds is 4. The molecule has 4 atom stereocenters. The van der Waals surface area contributed by atoms with E-state index < -0.39 is 47.3 Å². The van der Waals surface area contributed by atoms with Gasteiger partial charge in [-0.2, -0.15) is 10.5 Å². The zero-order chi connectivity index (χ0) is 16.9. The van der Waals surface area contributed by atoms with Crippen LogP contribution in [0.15, 0.2) is 0 Å². The van der Waals surface area contributed by atoms with Crippen molar-refractivity contribution in [2.24, 2.45) is 35.1 Å². The van der Waals surface area contributed by atoms with Gasteiger partial charge in [0.15, 0.2) is 12.4 Å². The van der Waals surface area contributed by atoms with E-state index in [2.05, 4.69) is 0 Å². The van der Waals surface area contributed by atoms with Crippen molar-refractivity contribution < 1.29 is 19.2 Å². The molecule has 22 heavy (non-hydrogen) atoms. The van der Waals surface area contributed by atoms with Gasteiger partial charge in [-0.3, -0.25) is 29.8 Å². The lowest BCUT2D eigenvalue weighted by atomic mass is 9.67. The van der Waals surface area contributed by atoms with Crippen LogP contribution in [0.1, 0.15) is 12.8 Å². The molecule has 6 N–H and O–H groups in total.